The molecule has 0 aliphatic heterocycles. The number of hydrogen-bond acceptors (Lipinski definition) is 13. The predicted octanol–water partition coefficient (Wildman–Crippen LogP) is -2.16. The van der Waals surface area contributed by atoms with Crippen LogP contribution in [0.15, 0.2) is 64.4 Å². The van der Waals surface area contributed by atoms with Crippen LogP contribution in [0.25, 0.3) is 32.4 Å². The van der Waals surface area contributed by atoms with Crippen LogP contribution in [0, 0.1) is 0 Å². The van der Waals surface area contributed by atoms with Crippen molar-refractivity contribution in [3.63, 3.8) is 0 Å². The molecule has 5 aromatic rings. The van der Waals surface area contributed by atoms with E-state index in [-0.39, 0.29) is 57.3 Å². The third kappa shape index (κ3) is 5.73. The number of aromatic hydroxyl groups is 1. The molecule has 0 spiro atoms. The van der Waals surface area contributed by atoms with Gasteiger partial charge >= 0.3 is 34.7 Å². The molecular weight excluding hydrogens is 597 g/mol. The molecule has 2 heterocycles. The van der Waals surface area contributed by atoms with Crippen molar-refractivity contribution in [2.45, 2.75) is 16.4 Å². The van der Waals surface area contributed by atoms with E-state index in [4.69, 9.17) is 4.74 Å². The average Bonchev–Trinajstić information content (AvgIpc) is 3.51. The molecule has 14 nitrogen and oxygen atoms in total. The summed E-state index contributed by atoms with van der Waals surface area (Å²) in [7, 11) is -8.52. The molecule has 0 aliphatic carbocycles. The fourth-order valence-corrected chi connectivity index (χ4v) is 5.82. The maximum absolute atomic E-state index is 12.0. The maximum atomic E-state index is 12.0. The summed E-state index contributed by atoms with van der Waals surface area (Å²) in [4.78, 5) is 5.18. The van der Waals surface area contributed by atoms with E-state index in [2.05, 4.69) is 15.2 Å². The first-order chi connectivity index (χ1) is 18.4. The van der Waals surface area contributed by atoms with E-state index in [0.29, 0.717) is 16.0 Å². The third-order valence-corrected chi connectivity index (χ3v) is 8.21. The molecule has 18 heteroatoms. The summed E-state index contributed by atoms with van der Waals surface area (Å²) in [6, 6.07) is 11.3. The van der Waals surface area contributed by atoms with Crippen molar-refractivity contribution in [2.24, 2.45) is 0 Å². The zero-order valence-corrected chi connectivity index (χ0v) is 25.1. The number of aliphatic hydroxyl groups excluding tert-OH is 1. The van der Waals surface area contributed by atoms with E-state index in [1.807, 2.05) is 0 Å². The summed E-state index contributed by atoms with van der Waals surface area (Å²) in [5, 5.41) is 28.5. The van der Waals surface area contributed by atoms with Gasteiger partial charge < -0.3 is 24.1 Å². The Bertz CT molecular complexity index is 1980. The second-order valence-electron chi connectivity index (χ2n) is 7.97. The van der Waals surface area contributed by atoms with Gasteiger partial charge in [-0.1, -0.05) is 22.4 Å². The van der Waals surface area contributed by atoms with Crippen LogP contribution in [0.3, 0.4) is 0 Å². The van der Waals surface area contributed by atoms with Crippen molar-refractivity contribution in [2.75, 3.05) is 7.11 Å². The van der Waals surface area contributed by atoms with Gasteiger partial charge in [-0.15, -0.1) is 0 Å². The van der Waals surface area contributed by atoms with Gasteiger partial charge in [0.15, 0.2) is 5.52 Å². The Morgan fingerprint density at radius 3 is 2.42 bits per heavy atom. The minimum absolute atomic E-state index is 0. The molecular formula is C22H16N5NaO9S3. The second-order valence-corrected chi connectivity index (χ2v) is 11.7. The Hall–Kier alpha value is -3.00. The molecule has 0 amide bonds. The molecule has 3 aromatic carbocycles. The summed E-state index contributed by atoms with van der Waals surface area (Å²) in [5.41, 5.74) is 0.314. The number of nitrogens with zero attached hydrogens (tertiary/aromatic N) is 5. The zero-order chi connectivity index (χ0) is 28.1. The number of methoxy groups -OCH3 is 1. The van der Waals surface area contributed by atoms with Crippen LogP contribution >= 0.6 is 11.3 Å². The number of fused-ring (bicyclic) bond motifs is 1. The molecule has 40 heavy (non-hydrogen) atoms. The van der Waals surface area contributed by atoms with E-state index in [1.165, 1.54) is 13.2 Å². The van der Waals surface area contributed by atoms with Crippen molar-refractivity contribution in [1.82, 2.24) is 20.0 Å². The quantitative estimate of drug-likeness (QED) is 0.114. The van der Waals surface area contributed by atoms with Crippen LogP contribution in [0.2, 0.25) is 0 Å². The third-order valence-electron chi connectivity index (χ3n) is 5.52. The van der Waals surface area contributed by atoms with Gasteiger partial charge in [0.2, 0.25) is 0 Å². The van der Waals surface area contributed by atoms with Gasteiger partial charge in [-0.3, -0.25) is 0 Å². The smallest absolute Gasteiger partial charge is 0.744 e. The van der Waals surface area contributed by atoms with Crippen molar-refractivity contribution in [3.05, 3.63) is 60.2 Å². The minimum atomic E-state index is -5.10. The Morgan fingerprint density at radius 2 is 1.77 bits per heavy atom. The number of benzene rings is 3. The summed E-state index contributed by atoms with van der Waals surface area (Å²) in [6.07, 6.45) is 0. The Morgan fingerprint density at radius 1 is 1.02 bits per heavy atom. The molecule has 2 aromatic heterocycles. The van der Waals surface area contributed by atoms with Crippen LogP contribution in [-0.2, 0) is 26.8 Å². The summed E-state index contributed by atoms with van der Waals surface area (Å²) >= 11 is 1.12. The molecule has 5 rings (SSSR count). The summed E-state index contributed by atoms with van der Waals surface area (Å²) < 4.78 is 77.0. The molecule has 0 aliphatic rings. The number of rotatable bonds is 7. The normalized spacial score (nSPS) is 11.9. The fourth-order valence-electron chi connectivity index (χ4n) is 3.70. The SMILES string of the molecule is COc1ccc2nc(-[n+]3nc(-c4ccc(O)cc4S(=O)(=O)[O-])nn3-c3cc(S(=O)(=O)[O-])ccc3CO)sc2c1.[Na+]. The monoisotopic (exact) mass is 613 g/mol. The number of phenolic OH excluding ortho intramolecular Hbond substituents is 1. The Labute approximate surface area is 252 Å². The van der Waals surface area contributed by atoms with Gasteiger partial charge in [0.1, 0.15) is 37.4 Å². The van der Waals surface area contributed by atoms with Crippen LogP contribution < -0.4 is 39.1 Å². The molecule has 202 valence electrons. The fraction of sp³-hybridized carbons (Fsp3) is 0.0909. The number of aliphatic hydroxyl groups is 1. The molecule has 0 saturated carbocycles. The van der Waals surface area contributed by atoms with Gasteiger partial charge in [-0.25, -0.2) is 16.8 Å². The maximum Gasteiger partial charge on any atom is 1.00 e. The Kier molecular flexibility index (Phi) is 8.32. The number of aromatic nitrogens is 5. The molecule has 0 unspecified atom stereocenters. The Balaban J connectivity index is 0.00000370. The molecule has 0 radical (unpaired) electrons. The van der Waals surface area contributed by atoms with E-state index >= 15 is 0 Å². The molecule has 0 atom stereocenters. The van der Waals surface area contributed by atoms with Crippen molar-refractivity contribution >= 4 is 41.8 Å². The van der Waals surface area contributed by atoms with E-state index in [1.54, 1.807) is 18.2 Å². The second kappa shape index (κ2) is 11.1. The van der Waals surface area contributed by atoms with Crippen molar-refractivity contribution in [1.29, 1.82) is 0 Å². The van der Waals surface area contributed by atoms with E-state index < -0.39 is 42.4 Å². The van der Waals surface area contributed by atoms with E-state index in [9.17, 15) is 36.2 Å². The number of tetrazole rings is 1. The first kappa shape index (κ1) is 30.0. The number of thiazole rings is 1. The van der Waals surface area contributed by atoms with Gasteiger partial charge in [-0.05, 0) is 57.2 Å². The number of ether oxygens (including phenoxy) is 1. The summed E-state index contributed by atoms with van der Waals surface area (Å²) in [6.45, 7) is -0.597. The van der Waals surface area contributed by atoms with Gasteiger partial charge in [0, 0.05) is 16.7 Å². The van der Waals surface area contributed by atoms with Crippen molar-refractivity contribution in [3.8, 4) is 33.7 Å². The molecule has 0 fully saturated rings. The molecule has 2 N–H and O–H groups in total. The number of phenols is 1. The van der Waals surface area contributed by atoms with E-state index in [0.717, 1.165) is 51.3 Å². The van der Waals surface area contributed by atoms with Crippen molar-refractivity contribution < 1.29 is 75.2 Å². The average molecular weight is 614 g/mol. The minimum Gasteiger partial charge on any atom is -0.744 e. The summed E-state index contributed by atoms with van der Waals surface area (Å²) in [5.74, 6) is -0.257. The zero-order valence-electron chi connectivity index (χ0n) is 20.6. The molecule has 0 saturated heterocycles. The first-order valence-corrected chi connectivity index (χ1v) is 14.4. The van der Waals surface area contributed by atoms with Crippen LogP contribution in [0.5, 0.6) is 11.5 Å². The topological polar surface area (TPSA) is 212 Å². The van der Waals surface area contributed by atoms with Crippen LogP contribution in [0.1, 0.15) is 5.56 Å². The van der Waals surface area contributed by atoms with Gasteiger partial charge in [-0.2, -0.15) is 0 Å². The standard InChI is InChI=1S/C22H17N5O9S3.Na/c1-36-14-4-7-17-19(9-14)37-22(23-17)27-25-21(16-6-3-13(29)8-20(16)39(33,34)35)24-26(27)18-10-15(38(30,31)32)5-2-12(18)11-28;/h2-10,28H,11H2,1H3,(H2-,24,25,29,30,31,32,33,34,35);/q;+1/p-1. The largest absolute Gasteiger partial charge is 1.00 e. The van der Waals surface area contributed by atoms with Crippen LogP contribution in [-0.4, -0.2) is 63.2 Å². The first-order valence-electron chi connectivity index (χ1n) is 10.7. The predicted molar refractivity (Wildman–Crippen MR) is 132 cm³/mol. The van der Waals surface area contributed by atoms with Crippen LogP contribution in [0.4, 0.5) is 0 Å². The number of hydrogen-bond donors (Lipinski definition) is 2. The molecule has 0 bridgehead atoms. The van der Waals surface area contributed by atoms with Gasteiger partial charge in [0.05, 0.1) is 33.8 Å². The van der Waals surface area contributed by atoms with Gasteiger partial charge in [0.25, 0.3) is 5.82 Å².